The molecule has 0 radical (unpaired) electrons. The van der Waals surface area contributed by atoms with Gasteiger partial charge in [0.15, 0.2) is 5.78 Å². The standard InChI is InChI=1S/C16H18FNO2/c1-2-16(20)18-9-4-3-8-14(18)15(19)11-12-6-5-7-13(17)10-12/h2,5-7,10,14H,1,3-4,8-9,11H2. The van der Waals surface area contributed by atoms with Gasteiger partial charge in [-0.3, -0.25) is 9.59 Å². The Morgan fingerprint density at radius 3 is 2.90 bits per heavy atom. The van der Waals surface area contributed by atoms with Crippen LogP contribution in [0, 0.1) is 5.82 Å². The van der Waals surface area contributed by atoms with Crippen LogP contribution < -0.4 is 0 Å². The van der Waals surface area contributed by atoms with Gasteiger partial charge in [-0.15, -0.1) is 0 Å². The van der Waals surface area contributed by atoms with Gasteiger partial charge in [0, 0.05) is 13.0 Å². The summed E-state index contributed by atoms with van der Waals surface area (Å²) in [6.45, 7) is 4.06. The summed E-state index contributed by atoms with van der Waals surface area (Å²) in [5.74, 6) is -0.592. The van der Waals surface area contributed by atoms with Crippen molar-refractivity contribution in [2.75, 3.05) is 6.54 Å². The molecule has 1 atom stereocenters. The monoisotopic (exact) mass is 275 g/mol. The molecule has 0 bridgehead atoms. The smallest absolute Gasteiger partial charge is 0.246 e. The van der Waals surface area contributed by atoms with Gasteiger partial charge in [-0.05, 0) is 43.0 Å². The van der Waals surface area contributed by atoms with Gasteiger partial charge in [0.25, 0.3) is 0 Å². The average Bonchev–Trinajstić information content (AvgIpc) is 2.46. The molecule has 1 aliphatic rings. The summed E-state index contributed by atoms with van der Waals surface area (Å²) in [6, 6.07) is 5.62. The summed E-state index contributed by atoms with van der Waals surface area (Å²) in [5, 5.41) is 0. The highest BCUT2D eigenvalue weighted by Gasteiger charge is 2.30. The van der Waals surface area contributed by atoms with Crippen LogP contribution in [0.2, 0.25) is 0 Å². The number of hydrogen-bond donors (Lipinski definition) is 0. The fourth-order valence-corrected chi connectivity index (χ4v) is 2.61. The Labute approximate surface area is 118 Å². The number of rotatable bonds is 4. The van der Waals surface area contributed by atoms with Gasteiger partial charge in [-0.2, -0.15) is 0 Å². The Balaban J connectivity index is 2.10. The minimum Gasteiger partial charge on any atom is -0.329 e. The van der Waals surface area contributed by atoms with E-state index in [2.05, 4.69) is 6.58 Å². The predicted molar refractivity (Wildman–Crippen MR) is 74.7 cm³/mol. The lowest BCUT2D eigenvalue weighted by atomic mass is 9.94. The van der Waals surface area contributed by atoms with Crippen molar-refractivity contribution >= 4 is 11.7 Å². The molecule has 20 heavy (non-hydrogen) atoms. The van der Waals surface area contributed by atoms with Crippen LogP contribution in [-0.2, 0) is 16.0 Å². The maximum Gasteiger partial charge on any atom is 0.246 e. The van der Waals surface area contributed by atoms with Gasteiger partial charge in [-0.25, -0.2) is 4.39 Å². The third-order valence-electron chi connectivity index (χ3n) is 3.60. The number of hydrogen-bond acceptors (Lipinski definition) is 2. The highest BCUT2D eigenvalue weighted by molar-refractivity contribution is 5.94. The van der Waals surface area contributed by atoms with Crippen LogP contribution in [0.5, 0.6) is 0 Å². The normalized spacial score (nSPS) is 18.6. The van der Waals surface area contributed by atoms with Crippen molar-refractivity contribution in [3.63, 3.8) is 0 Å². The SMILES string of the molecule is C=CC(=O)N1CCCCC1C(=O)Cc1cccc(F)c1. The number of piperidine rings is 1. The second-order valence-corrected chi connectivity index (χ2v) is 5.02. The lowest BCUT2D eigenvalue weighted by molar-refractivity contribution is -0.137. The topological polar surface area (TPSA) is 37.4 Å². The molecule has 1 fully saturated rings. The van der Waals surface area contributed by atoms with Crippen LogP contribution in [0.4, 0.5) is 4.39 Å². The van der Waals surface area contributed by atoms with Gasteiger partial charge < -0.3 is 4.90 Å². The first-order valence-electron chi connectivity index (χ1n) is 6.82. The van der Waals surface area contributed by atoms with Crippen molar-refractivity contribution in [3.05, 3.63) is 48.3 Å². The van der Waals surface area contributed by atoms with Crippen LogP contribution in [0.25, 0.3) is 0 Å². The molecular weight excluding hydrogens is 257 g/mol. The number of carbonyl (C=O) groups is 2. The summed E-state index contributed by atoms with van der Waals surface area (Å²) < 4.78 is 13.1. The molecule has 1 saturated heterocycles. The fraction of sp³-hybridized carbons (Fsp3) is 0.375. The first-order valence-corrected chi connectivity index (χ1v) is 6.82. The Bertz CT molecular complexity index is 527. The third-order valence-corrected chi connectivity index (χ3v) is 3.60. The largest absolute Gasteiger partial charge is 0.329 e. The molecule has 0 aromatic heterocycles. The maximum absolute atomic E-state index is 13.1. The minimum absolute atomic E-state index is 0.0366. The van der Waals surface area contributed by atoms with Gasteiger partial charge >= 0.3 is 0 Å². The lowest BCUT2D eigenvalue weighted by Crippen LogP contribution is -2.47. The van der Waals surface area contributed by atoms with Crippen molar-refractivity contribution in [1.82, 2.24) is 4.90 Å². The molecule has 1 heterocycles. The van der Waals surface area contributed by atoms with Gasteiger partial charge in [0.1, 0.15) is 5.82 Å². The minimum atomic E-state index is -0.405. The predicted octanol–water partition coefficient (Wildman–Crippen LogP) is 2.50. The number of likely N-dealkylation sites (tertiary alicyclic amines) is 1. The number of ketones is 1. The van der Waals surface area contributed by atoms with E-state index in [4.69, 9.17) is 0 Å². The summed E-state index contributed by atoms with van der Waals surface area (Å²) in [5.41, 5.74) is 0.645. The van der Waals surface area contributed by atoms with Gasteiger partial charge in [-0.1, -0.05) is 18.7 Å². The first-order chi connectivity index (χ1) is 9.61. The van der Waals surface area contributed by atoms with Gasteiger partial charge in [0.2, 0.25) is 5.91 Å². The number of Topliss-reactive ketones (excluding diaryl/α,β-unsaturated/α-hetero) is 1. The highest BCUT2D eigenvalue weighted by atomic mass is 19.1. The van der Waals surface area contributed by atoms with E-state index >= 15 is 0 Å². The molecule has 0 spiro atoms. The molecule has 106 valence electrons. The maximum atomic E-state index is 13.1. The van der Waals surface area contributed by atoms with E-state index in [1.165, 1.54) is 18.2 Å². The van der Waals surface area contributed by atoms with E-state index in [-0.39, 0.29) is 23.9 Å². The summed E-state index contributed by atoms with van der Waals surface area (Å²) in [4.78, 5) is 25.7. The van der Waals surface area contributed by atoms with Crippen molar-refractivity contribution < 1.29 is 14.0 Å². The molecule has 0 aliphatic carbocycles. The molecule has 1 aromatic carbocycles. The lowest BCUT2D eigenvalue weighted by Gasteiger charge is -2.34. The molecule has 0 saturated carbocycles. The molecule has 1 amide bonds. The van der Waals surface area contributed by atoms with Crippen molar-refractivity contribution in [2.24, 2.45) is 0 Å². The Morgan fingerprint density at radius 2 is 2.20 bits per heavy atom. The van der Waals surface area contributed by atoms with E-state index in [9.17, 15) is 14.0 Å². The number of carbonyl (C=O) groups excluding carboxylic acids is 2. The average molecular weight is 275 g/mol. The Hall–Kier alpha value is -1.97. The quantitative estimate of drug-likeness (QED) is 0.792. The number of nitrogens with zero attached hydrogens (tertiary/aromatic N) is 1. The fourth-order valence-electron chi connectivity index (χ4n) is 2.61. The zero-order valence-corrected chi connectivity index (χ0v) is 11.3. The Kier molecular flexibility index (Phi) is 4.66. The molecule has 2 rings (SSSR count). The van der Waals surface area contributed by atoms with Crippen molar-refractivity contribution in [3.8, 4) is 0 Å². The molecule has 1 unspecified atom stereocenters. The molecular formula is C16H18FNO2. The number of halogens is 1. The molecule has 1 aliphatic heterocycles. The summed E-state index contributed by atoms with van der Waals surface area (Å²) >= 11 is 0. The zero-order chi connectivity index (χ0) is 14.5. The molecule has 3 nitrogen and oxygen atoms in total. The van der Waals surface area contributed by atoms with Crippen molar-refractivity contribution in [1.29, 1.82) is 0 Å². The van der Waals surface area contributed by atoms with Crippen molar-refractivity contribution in [2.45, 2.75) is 31.7 Å². The molecule has 4 heteroatoms. The first kappa shape index (κ1) is 14.4. The van der Waals surface area contributed by atoms with Crippen LogP contribution in [0.15, 0.2) is 36.9 Å². The highest BCUT2D eigenvalue weighted by Crippen LogP contribution is 2.20. The van der Waals surface area contributed by atoms with Crippen LogP contribution in [0.3, 0.4) is 0 Å². The van der Waals surface area contributed by atoms with Crippen LogP contribution in [-0.4, -0.2) is 29.2 Å². The summed E-state index contributed by atoms with van der Waals surface area (Å²) in [7, 11) is 0. The van der Waals surface area contributed by atoms with Crippen LogP contribution in [0.1, 0.15) is 24.8 Å². The molecule has 0 N–H and O–H groups in total. The van der Waals surface area contributed by atoms with E-state index in [1.807, 2.05) is 0 Å². The second kappa shape index (κ2) is 6.46. The zero-order valence-electron chi connectivity index (χ0n) is 11.3. The van der Waals surface area contributed by atoms with Gasteiger partial charge in [0.05, 0.1) is 6.04 Å². The summed E-state index contributed by atoms with van der Waals surface area (Å²) in [6.07, 6.45) is 3.91. The third kappa shape index (κ3) is 3.32. The Morgan fingerprint density at radius 1 is 1.40 bits per heavy atom. The second-order valence-electron chi connectivity index (χ2n) is 5.02. The van der Waals surface area contributed by atoms with E-state index in [0.717, 1.165) is 12.8 Å². The van der Waals surface area contributed by atoms with Crippen LogP contribution >= 0.6 is 0 Å². The molecule has 1 aromatic rings. The van der Waals surface area contributed by atoms with E-state index < -0.39 is 6.04 Å². The number of benzene rings is 1. The van der Waals surface area contributed by atoms with E-state index in [1.54, 1.807) is 17.0 Å². The number of amides is 1. The van der Waals surface area contributed by atoms with E-state index in [0.29, 0.717) is 18.5 Å².